The van der Waals surface area contributed by atoms with Crippen molar-refractivity contribution in [3.63, 3.8) is 0 Å². The van der Waals surface area contributed by atoms with Crippen molar-refractivity contribution in [1.82, 2.24) is 0 Å². The van der Waals surface area contributed by atoms with Gasteiger partial charge in [0.1, 0.15) is 19.0 Å². The standard InChI is InChI=1S/C9H8O.C7H6O2/c1-2-6-9-8(4-1)5-3-7-10-9;1-2-4-7-6(3-1)5-8-9-7/h1-6H,7H2;1-4H,5H2. The van der Waals surface area contributed by atoms with Gasteiger partial charge in [-0.05, 0) is 18.2 Å². The van der Waals surface area contributed by atoms with E-state index in [0.717, 1.165) is 17.1 Å². The molecule has 0 bridgehead atoms. The number of para-hydroxylation sites is 2. The lowest BCUT2D eigenvalue weighted by molar-refractivity contribution is -0.194. The van der Waals surface area contributed by atoms with E-state index in [4.69, 9.17) is 14.5 Å². The Balaban J connectivity index is 0.000000117. The minimum absolute atomic E-state index is 0.580. The summed E-state index contributed by atoms with van der Waals surface area (Å²) in [7, 11) is 0. The van der Waals surface area contributed by atoms with Crippen LogP contribution < -0.4 is 9.62 Å². The van der Waals surface area contributed by atoms with E-state index < -0.39 is 0 Å². The van der Waals surface area contributed by atoms with Crippen LogP contribution in [0, 0.1) is 0 Å². The van der Waals surface area contributed by atoms with Crippen LogP contribution >= 0.6 is 0 Å². The maximum Gasteiger partial charge on any atom is 0.171 e. The first-order chi connectivity index (χ1) is 9.43. The highest BCUT2D eigenvalue weighted by Gasteiger charge is 2.10. The lowest BCUT2D eigenvalue weighted by atomic mass is 10.1. The Kier molecular flexibility index (Phi) is 3.47. The zero-order valence-corrected chi connectivity index (χ0v) is 10.4. The number of ether oxygens (including phenoxy) is 1. The van der Waals surface area contributed by atoms with E-state index in [1.165, 1.54) is 5.56 Å². The van der Waals surface area contributed by atoms with E-state index in [2.05, 4.69) is 6.08 Å². The molecule has 2 aromatic rings. The molecule has 2 heterocycles. The molecule has 0 aliphatic carbocycles. The second-order valence-electron chi connectivity index (χ2n) is 4.20. The van der Waals surface area contributed by atoms with Crippen molar-refractivity contribution in [2.24, 2.45) is 0 Å². The van der Waals surface area contributed by atoms with E-state index in [1.54, 1.807) is 0 Å². The van der Waals surface area contributed by atoms with Crippen LogP contribution in [0.4, 0.5) is 0 Å². The maximum atomic E-state index is 5.34. The van der Waals surface area contributed by atoms with Gasteiger partial charge < -0.3 is 9.62 Å². The fraction of sp³-hybridized carbons (Fsp3) is 0.125. The van der Waals surface area contributed by atoms with Crippen LogP contribution in [0.5, 0.6) is 11.5 Å². The second kappa shape index (κ2) is 5.59. The van der Waals surface area contributed by atoms with Gasteiger partial charge in [-0.2, -0.15) is 4.89 Å². The molecule has 4 rings (SSSR count). The topological polar surface area (TPSA) is 27.7 Å². The molecule has 2 aromatic carbocycles. The summed E-state index contributed by atoms with van der Waals surface area (Å²) in [4.78, 5) is 9.51. The van der Waals surface area contributed by atoms with Crippen LogP contribution in [0.25, 0.3) is 6.08 Å². The Morgan fingerprint density at radius 1 is 0.842 bits per heavy atom. The summed E-state index contributed by atoms with van der Waals surface area (Å²) in [6, 6.07) is 15.8. The average Bonchev–Trinajstić information content (AvgIpc) is 2.96. The summed E-state index contributed by atoms with van der Waals surface area (Å²) >= 11 is 0. The lowest BCUT2D eigenvalue weighted by Crippen LogP contribution is -1.98. The predicted octanol–water partition coefficient (Wildman–Crippen LogP) is 3.60. The summed E-state index contributed by atoms with van der Waals surface area (Å²) < 4.78 is 5.34. The fourth-order valence-corrected chi connectivity index (χ4v) is 1.92. The molecule has 0 spiro atoms. The van der Waals surface area contributed by atoms with Crippen LogP contribution in [0.1, 0.15) is 11.1 Å². The highest BCUT2D eigenvalue weighted by Crippen LogP contribution is 2.24. The van der Waals surface area contributed by atoms with E-state index in [9.17, 15) is 0 Å². The molecular formula is C16H14O3. The number of fused-ring (bicyclic) bond motifs is 2. The first kappa shape index (κ1) is 11.8. The van der Waals surface area contributed by atoms with Gasteiger partial charge in [-0.1, -0.05) is 42.5 Å². The third-order valence-electron chi connectivity index (χ3n) is 2.89. The normalized spacial score (nSPS) is 14.3. The third kappa shape index (κ3) is 2.77. The zero-order chi connectivity index (χ0) is 12.9. The summed E-state index contributed by atoms with van der Waals surface area (Å²) in [5.74, 6) is 1.84. The Hall–Kier alpha value is -2.26. The molecule has 0 amide bonds. The molecule has 2 aliphatic rings. The van der Waals surface area contributed by atoms with Crippen molar-refractivity contribution >= 4 is 6.08 Å². The maximum absolute atomic E-state index is 5.34. The summed E-state index contributed by atoms with van der Waals surface area (Å²) in [5, 5.41) is 0. The molecular weight excluding hydrogens is 240 g/mol. The minimum atomic E-state index is 0.580. The van der Waals surface area contributed by atoms with Gasteiger partial charge in [0.25, 0.3) is 0 Å². The number of benzene rings is 2. The summed E-state index contributed by atoms with van der Waals surface area (Å²) in [5.41, 5.74) is 2.30. The van der Waals surface area contributed by atoms with Crippen LogP contribution in [0.3, 0.4) is 0 Å². The minimum Gasteiger partial charge on any atom is -0.489 e. The molecule has 3 nitrogen and oxygen atoms in total. The quantitative estimate of drug-likeness (QED) is 0.672. The first-order valence-electron chi connectivity index (χ1n) is 6.19. The second-order valence-corrected chi connectivity index (χ2v) is 4.20. The largest absolute Gasteiger partial charge is 0.489 e. The van der Waals surface area contributed by atoms with E-state index in [1.807, 2.05) is 54.6 Å². The molecule has 0 aromatic heterocycles. The van der Waals surface area contributed by atoms with Gasteiger partial charge in [0, 0.05) is 11.1 Å². The van der Waals surface area contributed by atoms with Gasteiger partial charge in [-0.25, -0.2) is 0 Å². The highest BCUT2D eigenvalue weighted by atomic mass is 17.2. The monoisotopic (exact) mass is 254 g/mol. The van der Waals surface area contributed by atoms with Gasteiger partial charge >= 0.3 is 0 Å². The Morgan fingerprint density at radius 3 is 2.47 bits per heavy atom. The van der Waals surface area contributed by atoms with Crippen molar-refractivity contribution in [2.75, 3.05) is 6.61 Å². The summed E-state index contributed by atoms with van der Waals surface area (Å²) in [6.45, 7) is 1.28. The Labute approximate surface area is 112 Å². The molecule has 0 fully saturated rings. The lowest BCUT2D eigenvalue weighted by Gasteiger charge is -2.10. The van der Waals surface area contributed by atoms with Crippen molar-refractivity contribution in [3.05, 3.63) is 65.7 Å². The predicted molar refractivity (Wildman–Crippen MR) is 72.8 cm³/mol. The van der Waals surface area contributed by atoms with Crippen molar-refractivity contribution in [1.29, 1.82) is 0 Å². The van der Waals surface area contributed by atoms with Gasteiger partial charge in [-0.3, -0.25) is 0 Å². The molecule has 3 heteroatoms. The van der Waals surface area contributed by atoms with Gasteiger partial charge in [0.05, 0.1) is 0 Å². The molecule has 0 N–H and O–H groups in total. The van der Waals surface area contributed by atoms with Crippen LogP contribution in [-0.2, 0) is 11.5 Å². The number of rotatable bonds is 0. The Bertz CT molecular complexity index is 567. The van der Waals surface area contributed by atoms with E-state index >= 15 is 0 Å². The number of hydrogen-bond donors (Lipinski definition) is 0. The summed E-state index contributed by atoms with van der Waals surface area (Å²) in [6.07, 6.45) is 4.10. The molecule has 0 atom stereocenters. The molecule has 19 heavy (non-hydrogen) atoms. The van der Waals surface area contributed by atoms with Crippen molar-refractivity contribution in [2.45, 2.75) is 6.61 Å². The van der Waals surface area contributed by atoms with E-state index in [-0.39, 0.29) is 0 Å². The third-order valence-corrected chi connectivity index (χ3v) is 2.89. The first-order valence-corrected chi connectivity index (χ1v) is 6.19. The SMILES string of the molecule is C1=Cc2ccccc2OC1.c1ccc2c(c1)COO2. The van der Waals surface area contributed by atoms with Crippen molar-refractivity contribution < 1.29 is 14.5 Å². The fourth-order valence-electron chi connectivity index (χ4n) is 1.92. The molecule has 0 saturated heterocycles. The molecule has 0 saturated carbocycles. The molecule has 0 radical (unpaired) electrons. The molecule has 2 aliphatic heterocycles. The van der Waals surface area contributed by atoms with Crippen LogP contribution in [-0.4, -0.2) is 6.61 Å². The van der Waals surface area contributed by atoms with E-state index in [0.29, 0.717) is 13.2 Å². The molecule has 0 unspecified atom stereocenters. The van der Waals surface area contributed by atoms with Gasteiger partial charge in [0.15, 0.2) is 5.75 Å². The van der Waals surface area contributed by atoms with Crippen LogP contribution in [0.15, 0.2) is 54.6 Å². The van der Waals surface area contributed by atoms with Crippen molar-refractivity contribution in [3.8, 4) is 11.5 Å². The molecule has 96 valence electrons. The van der Waals surface area contributed by atoms with Gasteiger partial charge in [-0.15, -0.1) is 0 Å². The zero-order valence-electron chi connectivity index (χ0n) is 10.4. The van der Waals surface area contributed by atoms with Crippen LogP contribution in [0.2, 0.25) is 0 Å². The highest BCUT2D eigenvalue weighted by molar-refractivity contribution is 5.58. The van der Waals surface area contributed by atoms with Gasteiger partial charge in [0.2, 0.25) is 0 Å². The number of hydrogen-bond acceptors (Lipinski definition) is 3. The average molecular weight is 254 g/mol. The smallest absolute Gasteiger partial charge is 0.171 e. The Morgan fingerprint density at radius 2 is 1.63 bits per heavy atom.